The third kappa shape index (κ3) is 4.82. The molecule has 0 radical (unpaired) electrons. The topological polar surface area (TPSA) is 113 Å². The van der Waals surface area contributed by atoms with Gasteiger partial charge in [-0.2, -0.15) is 0 Å². The molecule has 1 amide bonds. The van der Waals surface area contributed by atoms with Crippen molar-refractivity contribution in [1.29, 1.82) is 0 Å². The Morgan fingerprint density at radius 3 is 2.09 bits per heavy atom. The van der Waals surface area contributed by atoms with Crippen molar-refractivity contribution < 1.29 is 19.2 Å². The maximum Gasteiger partial charge on any atom is 0.269 e. The molecule has 1 unspecified atom stereocenters. The number of aryl methyl sites for hydroxylation is 1. The first-order valence-electron chi connectivity index (χ1n) is 10.3. The van der Waals surface area contributed by atoms with Crippen molar-refractivity contribution in [1.82, 2.24) is 9.88 Å². The molecule has 3 rings (SSSR count). The molecule has 1 heterocycles. The molecular formula is C24H27N3O6. The monoisotopic (exact) mass is 453 g/mol. The molecule has 3 aromatic rings. The third-order valence-electron chi connectivity index (χ3n) is 5.19. The minimum atomic E-state index is -1.03. The Balaban J connectivity index is 2.27. The number of amides is 1. The zero-order valence-electron chi connectivity index (χ0n) is 19.5. The van der Waals surface area contributed by atoms with Gasteiger partial charge in [-0.05, 0) is 68.5 Å². The second-order valence-electron chi connectivity index (χ2n) is 8.77. The molecule has 0 saturated heterocycles. The van der Waals surface area contributed by atoms with Gasteiger partial charge in [0.1, 0.15) is 6.04 Å². The van der Waals surface area contributed by atoms with Crippen LogP contribution < -0.4 is 20.3 Å². The number of hydrogen-bond donors (Lipinski definition) is 1. The third-order valence-corrected chi connectivity index (χ3v) is 5.19. The van der Waals surface area contributed by atoms with Crippen molar-refractivity contribution in [2.75, 3.05) is 14.2 Å². The molecule has 0 fully saturated rings. The summed E-state index contributed by atoms with van der Waals surface area (Å²) in [7, 11) is 3.00. The second kappa shape index (κ2) is 8.93. The average molecular weight is 453 g/mol. The van der Waals surface area contributed by atoms with Crippen molar-refractivity contribution in [3.8, 4) is 11.5 Å². The van der Waals surface area contributed by atoms with Gasteiger partial charge in [-0.3, -0.25) is 24.3 Å². The van der Waals surface area contributed by atoms with Gasteiger partial charge < -0.3 is 14.8 Å². The summed E-state index contributed by atoms with van der Waals surface area (Å²) in [5, 5.41) is 15.0. The van der Waals surface area contributed by atoms with Crippen molar-refractivity contribution >= 4 is 22.4 Å². The maximum atomic E-state index is 13.6. The summed E-state index contributed by atoms with van der Waals surface area (Å²) in [6, 6.07) is 7.91. The number of hydrogen-bond acceptors (Lipinski definition) is 6. The van der Waals surface area contributed by atoms with E-state index in [0.29, 0.717) is 27.8 Å². The van der Waals surface area contributed by atoms with Gasteiger partial charge in [-0.15, -0.1) is 0 Å². The SMILES string of the molecule is COc1cc2c(C)cn(C(C(=O)NC(C)(C)C)c3ccc([N+](=O)[O-])cc3)c(=O)c2cc1OC. The number of benzene rings is 2. The second-order valence-corrected chi connectivity index (χ2v) is 8.77. The molecule has 0 aliphatic rings. The van der Waals surface area contributed by atoms with Crippen LogP contribution in [0.5, 0.6) is 11.5 Å². The number of carbonyl (C=O) groups is 1. The average Bonchev–Trinajstić information content (AvgIpc) is 2.75. The number of nitrogens with one attached hydrogen (secondary N) is 1. The van der Waals surface area contributed by atoms with Gasteiger partial charge >= 0.3 is 0 Å². The van der Waals surface area contributed by atoms with Crippen LogP contribution in [0.15, 0.2) is 47.4 Å². The molecule has 33 heavy (non-hydrogen) atoms. The van der Waals surface area contributed by atoms with Crippen molar-refractivity contribution in [3.05, 3.63) is 74.2 Å². The summed E-state index contributed by atoms with van der Waals surface area (Å²) in [5.74, 6) is 0.477. The van der Waals surface area contributed by atoms with Gasteiger partial charge in [0.25, 0.3) is 11.2 Å². The summed E-state index contributed by atoms with van der Waals surface area (Å²) >= 11 is 0. The van der Waals surface area contributed by atoms with Crippen LogP contribution in [0.2, 0.25) is 0 Å². The first-order chi connectivity index (χ1) is 15.5. The number of fused-ring (bicyclic) bond motifs is 1. The van der Waals surface area contributed by atoms with Gasteiger partial charge in [0.2, 0.25) is 5.91 Å². The number of nitro groups is 1. The number of rotatable bonds is 6. The Morgan fingerprint density at radius 2 is 1.61 bits per heavy atom. The van der Waals surface area contributed by atoms with E-state index in [-0.39, 0.29) is 5.69 Å². The van der Waals surface area contributed by atoms with E-state index in [1.807, 2.05) is 27.7 Å². The van der Waals surface area contributed by atoms with Gasteiger partial charge in [0, 0.05) is 23.9 Å². The molecule has 0 aliphatic heterocycles. The van der Waals surface area contributed by atoms with Crippen molar-refractivity contribution in [2.45, 2.75) is 39.3 Å². The molecule has 9 nitrogen and oxygen atoms in total. The standard InChI is InChI=1S/C24H27N3O6/c1-14-13-26(23(29)18-12-20(33-6)19(32-5)11-17(14)18)21(22(28)25-24(2,3)4)15-7-9-16(10-8-15)27(30)31/h7-13,21H,1-6H3,(H,25,28). The van der Waals surface area contributed by atoms with Crippen LogP contribution in [0.4, 0.5) is 5.69 Å². The van der Waals surface area contributed by atoms with Crippen molar-refractivity contribution in [3.63, 3.8) is 0 Å². The Bertz CT molecular complexity index is 1270. The van der Waals surface area contributed by atoms with E-state index in [2.05, 4.69) is 5.32 Å². The highest BCUT2D eigenvalue weighted by Crippen LogP contribution is 2.33. The van der Waals surface area contributed by atoms with Crippen LogP contribution in [0.3, 0.4) is 0 Å². The molecule has 2 aromatic carbocycles. The van der Waals surface area contributed by atoms with E-state index in [4.69, 9.17) is 9.47 Å². The summed E-state index contributed by atoms with van der Waals surface area (Å²) < 4.78 is 12.1. The Morgan fingerprint density at radius 1 is 1.06 bits per heavy atom. The highest BCUT2D eigenvalue weighted by Gasteiger charge is 2.28. The molecule has 174 valence electrons. The molecule has 0 spiro atoms. The van der Waals surface area contributed by atoms with E-state index in [0.717, 1.165) is 5.56 Å². The van der Waals surface area contributed by atoms with E-state index < -0.39 is 28.0 Å². The van der Waals surface area contributed by atoms with Crippen LogP contribution >= 0.6 is 0 Å². The van der Waals surface area contributed by atoms with E-state index >= 15 is 0 Å². The first kappa shape index (κ1) is 23.8. The number of nitro benzene ring substituents is 1. The molecule has 0 aliphatic carbocycles. The lowest BCUT2D eigenvalue weighted by atomic mass is 10.0. The lowest BCUT2D eigenvalue weighted by Gasteiger charge is -2.27. The zero-order chi connectivity index (χ0) is 24.5. The molecule has 1 N–H and O–H groups in total. The fourth-order valence-electron chi connectivity index (χ4n) is 3.70. The number of ether oxygens (including phenoxy) is 2. The Kier molecular flexibility index (Phi) is 6.44. The number of aromatic nitrogens is 1. The predicted molar refractivity (Wildman–Crippen MR) is 125 cm³/mol. The van der Waals surface area contributed by atoms with Crippen LogP contribution in [0, 0.1) is 17.0 Å². The Labute approximate surface area is 191 Å². The number of methoxy groups -OCH3 is 2. The number of nitrogens with zero attached hydrogens (tertiary/aromatic N) is 2. The number of pyridine rings is 1. The van der Waals surface area contributed by atoms with Gasteiger partial charge in [-0.25, -0.2) is 0 Å². The lowest BCUT2D eigenvalue weighted by Crippen LogP contribution is -2.46. The minimum absolute atomic E-state index is 0.104. The van der Waals surface area contributed by atoms with Gasteiger partial charge in [0.05, 0.1) is 24.5 Å². The van der Waals surface area contributed by atoms with Gasteiger partial charge in [0.15, 0.2) is 11.5 Å². The molecule has 0 saturated carbocycles. The van der Waals surface area contributed by atoms with E-state index in [9.17, 15) is 19.7 Å². The smallest absolute Gasteiger partial charge is 0.269 e. The minimum Gasteiger partial charge on any atom is -0.493 e. The van der Waals surface area contributed by atoms with Crippen LogP contribution in [-0.2, 0) is 4.79 Å². The summed E-state index contributed by atoms with van der Waals surface area (Å²) in [6.07, 6.45) is 1.62. The first-order valence-corrected chi connectivity index (χ1v) is 10.3. The number of non-ortho nitro benzene ring substituents is 1. The summed E-state index contributed by atoms with van der Waals surface area (Å²) in [6.45, 7) is 7.34. The highest BCUT2D eigenvalue weighted by atomic mass is 16.6. The van der Waals surface area contributed by atoms with Crippen molar-refractivity contribution in [2.24, 2.45) is 0 Å². The quantitative estimate of drug-likeness (QED) is 0.449. The fraction of sp³-hybridized carbons (Fsp3) is 0.333. The number of carbonyl (C=O) groups excluding carboxylic acids is 1. The summed E-state index contributed by atoms with van der Waals surface area (Å²) in [5.41, 5.74) is 0.142. The normalized spacial score (nSPS) is 12.3. The highest BCUT2D eigenvalue weighted by molar-refractivity contribution is 5.89. The van der Waals surface area contributed by atoms with Crippen LogP contribution in [-0.4, -0.2) is 35.2 Å². The summed E-state index contributed by atoms with van der Waals surface area (Å²) in [4.78, 5) is 37.5. The molecule has 9 heteroatoms. The van der Waals surface area contributed by atoms with Gasteiger partial charge in [-0.1, -0.05) is 0 Å². The zero-order valence-corrected chi connectivity index (χ0v) is 19.5. The van der Waals surface area contributed by atoms with Crippen LogP contribution in [0.1, 0.15) is 37.9 Å². The lowest BCUT2D eigenvalue weighted by molar-refractivity contribution is -0.384. The molecule has 1 atom stereocenters. The Hall–Kier alpha value is -3.88. The molecular weight excluding hydrogens is 426 g/mol. The largest absolute Gasteiger partial charge is 0.493 e. The maximum absolute atomic E-state index is 13.6. The molecule has 0 bridgehead atoms. The van der Waals surface area contributed by atoms with Crippen LogP contribution in [0.25, 0.3) is 10.8 Å². The molecule has 1 aromatic heterocycles. The fourth-order valence-corrected chi connectivity index (χ4v) is 3.70. The van der Waals surface area contributed by atoms with E-state index in [1.165, 1.54) is 43.1 Å². The van der Waals surface area contributed by atoms with E-state index in [1.54, 1.807) is 18.3 Å². The predicted octanol–water partition coefficient (Wildman–Crippen LogP) is 3.74.